The van der Waals surface area contributed by atoms with Crippen LogP contribution in [0.1, 0.15) is 21.7 Å². The van der Waals surface area contributed by atoms with Gasteiger partial charge in [-0.25, -0.2) is 9.78 Å². The molecule has 0 aliphatic carbocycles. The van der Waals surface area contributed by atoms with Gasteiger partial charge in [-0.05, 0) is 25.5 Å². The lowest BCUT2D eigenvalue weighted by Crippen LogP contribution is -2.05. The molecule has 1 heterocycles. The number of nitrogens with zero attached hydrogens (tertiary/aromatic N) is 2. The third-order valence-corrected chi connectivity index (χ3v) is 2.74. The highest BCUT2D eigenvalue weighted by molar-refractivity contribution is 5.84. The number of aryl methyl sites for hydroxylation is 3. The molecule has 0 saturated carbocycles. The summed E-state index contributed by atoms with van der Waals surface area (Å²) in [6.07, 6.45) is 1.74. The van der Waals surface area contributed by atoms with Gasteiger partial charge in [0.2, 0.25) is 5.82 Å². The molecule has 4 heteroatoms. The number of hydrogen-bond acceptors (Lipinski definition) is 2. The van der Waals surface area contributed by atoms with Crippen molar-refractivity contribution >= 4 is 5.97 Å². The molecule has 0 bridgehead atoms. The van der Waals surface area contributed by atoms with Crippen molar-refractivity contribution in [2.45, 2.75) is 13.8 Å². The lowest BCUT2D eigenvalue weighted by molar-refractivity contribution is 0.0680. The van der Waals surface area contributed by atoms with Crippen molar-refractivity contribution in [1.29, 1.82) is 0 Å². The Labute approximate surface area is 99.5 Å². The normalized spacial score (nSPS) is 10.5. The third kappa shape index (κ3) is 2.06. The van der Waals surface area contributed by atoms with Crippen LogP contribution in [0.5, 0.6) is 0 Å². The van der Waals surface area contributed by atoms with E-state index in [9.17, 15) is 4.79 Å². The first kappa shape index (κ1) is 11.4. The van der Waals surface area contributed by atoms with Crippen LogP contribution in [0.4, 0.5) is 0 Å². The van der Waals surface area contributed by atoms with Crippen molar-refractivity contribution in [2.75, 3.05) is 0 Å². The fourth-order valence-electron chi connectivity index (χ4n) is 1.81. The lowest BCUT2D eigenvalue weighted by atomic mass is 10.0. The zero-order valence-electron chi connectivity index (χ0n) is 10.1. The van der Waals surface area contributed by atoms with E-state index in [1.807, 2.05) is 32.0 Å². The monoisotopic (exact) mass is 230 g/mol. The molecule has 1 N–H and O–H groups in total. The summed E-state index contributed by atoms with van der Waals surface area (Å²) in [7, 11) is 1.69. The Morgan fingerprint density at radius 2 is 2.06 bits per heavy atom. The van der Waals surface area contributed by atoms with Gasteiger partial charge in [0, 0.05) is 18.8 Å². The molecule has 2 aromatic rings. The Balaban J connectivity index is 2.57. The number of benzene rings is 1. The second-order valence-electron chi connectivity index (χ2n) is 4.18. The average Bonchev–Trinajstić information content (AvgIpc) is 2.64. The van der Waals surface area contributed by atoms with Crippen molar-refractivity contribution in [3.05, 3.63) is 41.3 Å². The van der Waals surface area contributed by atoms with E-state index in [2.05, 4.69) is 4.98 Å². The van der Waals surface area contributed by atoms with E-state index in [-0.39, 0.29) is 5.82 Å². The van der Waals surface area contributed by atoms with Crippen LogP contribution in [0.15, 0.2) is 24.4 Å². The summed E-state index contributed by atoms with van der Waals surface area (Å²) in [5.74, 6) is -0.954. The van der Waals surface area contributed by atoms with E-state index in [0.29, 0.717) is 5.69 Å². The predicted octanol–water partition coefficient (Wildman–Crippen LogP) is 2.40. The fourth-order valence-corrected chi connectivity index (χ4v) is 1.81. The molecule has 0 aliphatic rings. The van der Waals surface area contributed by atoms with Gasteiger partial charge in [-0.15, -0.1) is 0 Å². The van der Waals surface area contributed by atoms with Gasteiger partial charge in [0.25, 0.3) is 0 Å². The van der Waals surface area contributed by atoms with Crippen molar-refractivity contribution in [3.63, 3.8) is 0 Å². The highest BCUT2D eigenvalue weighted by Crippen LogP contribution is 2.23. The van der Waals surface area contributed by atoms with Crippen LogP contribution in [0.25, 0.3) is 11.3 Å². The zero-order chi connectivity index (χ0) is 12.6. The molecular weight excluding hydrogens is 216 g/mol. The van der Waals surface area contributed by atoms with Gasteiger partial charge in [0.15, 0.2) is 0 Å². The van der Waals surface area contributed by atoms with E-state index < -0.39 is 5.97 Å². The van der Waals surface area contributed by atoms with Crippen molar-refractivity contribution < 1.29 is 9.90 Å². The van der Waals surface area contributed by atoms with E-state index in [1.165, 1.54) is 4.57 Å². The summed E-state index contributed by atoms with van der Waals surface area (Å²) < 4.78 is 1.53. The molecule has 0 spiro atoms. The first-order valence-electron chi connectivity index (χ1n) is 5.33. The molecule has 0 saturated heterocycles. The standard InChI is InChI=1S/C13H14N2O2/c1-8-4-5-9(2)10(6-8)11-7-15(3)12(14-11)13(16)17/h4-7H,1-3H3,(H,16,17). The van der Waals surface area contributed by atoms with Crippen LogP contribution < -0.4 is 0 Å². The Bertz CT molecular complexity index is 585. The highest BCUT2D eigenvalue weighted by atomic mass is 16.4. The number of aromatic nitrogens is 2. The summed E-state index contributed by atoms with van der Waals surface area (Å²) in [6, 6.07) is 6.06. The van der Waals surface area contributed by atoms with E-state index >= 15 is 0 Å². The van der Waals surface area contributed by atoms with E-state index in [0.717, 1.165) is 16.7 Å². The summed E-state index contributed by atoms with van der Waals surface area (Å²) in [6.45, 7) is 3.99. The first-order valence-corrected chi connectivity index (χ1v) is 5.33. The summed E-state index contributed by atoms with van der Waals surface area (Å²) >= 11 is 0. The second-order valence-corrected chi connectivity index (χ2v) is 4.18. The maximum atomic E-state index is 10.9. The van der Waals surface area contributed by atoms with Gasteiger partial charge in [-0.2, -0.15) is 0 Å². The number of imidazole rings is 1. The van der Waals surface area contributed by atoms with E-state index in [1.54, 1.807) is 13.2 Å². The van der Waals surface area contributed by atoms with Crippen molar-refractivity contribution in [2.24, 2.45) is 7.05 Å². The number of aromatic carboxylic acids is 1. The molecule has 2 rings (SSSR count). The summed E-state index contributed by atoms with van der Waals surface area (Å²) in [4.78, 5) is 15.1. The smallest absolute Gasteiger partial charge is 0.372 e. The van der Waals surface area contributed by atoms with Gasteiger partial charge in [0.1, 0.15) is 0 Å². The minimum Gasteiger partial charge on any atom is -0.475 e. The Morgan fingerprint density at radius 3 is 2.65 bits per heavy atom. The molecular formula is C13H14N2O2. The van der Waals surface area contributed by atoms with Crippen LogP contribution in [-0.2, 0) is 7.05 Å². The van der Waals surface area contributed by atoms with Gasteiger partial charge < -0.3 is 9.67 Å². The predicted molar refractivity (Wildman–Crippen MR) is 65.1 cm³/mol. The third-order valence-electron chi connectivity index (χ3n) is 2.74. The van der Waals surface area contributed by atoms with Crippen LogP contribution in [0, 0.1) is 13.8 Å². The zero-order valence-corrected chi connectivity index (χ0v) is 10.1. The Morgan fingerprint density at radius 1 is 1.35 bits per heavy atom. The molecule has 0 unspecified atom stereocenters. The number of hydrogen-bond donors (Lipinski definition) is 1. The Hall–Kier alpha value is -2.10. The van der Waals surface area contributed by atoms with Gasteiger partial charge in [0.05, 0.1) is 5.69 Å². The molecule has 0 amide bonds. The molecule has 0 radical (unpaired) electrons. The minimum absolute atomic E-state index is 0.0564. The molecule has 0 fully saturated rings. The van der Waals surface area contributed by atoms with Gasteiger partial charge >= 0.3 is 5.97 Å². The first-order chi connectivity index (χ1) is 7.99. The Kier molecular flexibility index (Phi) is 2.71. The van der Waals surface area contributed by atoms with Crippen LogP contribution in [0.3, 0.4) is 0 Å². The maximum absolute atomic E-state index is 10.9. The molecule has 88 valence electrons. The van der Waals surface area contributed by atoms with Gasteiger partial charge in [-0.1, -0.05) is 17.7 Å². The summed E-state index contributed by atoms with van der Waals surface area (Å²) in [5.41, 5.74) is 3.90. The molecule has 1 aromatic carbocycles. The second kappa shape index (κ2) is 4.05. The molecule has 0 atom stereocenters. The number of rotatable bonds is 2. The van der Waals surface area contributed by atoms with E-state index in [4.69, 9.17) is 5.11 Å². The summed E-state index contributed by atoms with van der Waals surface area (Å²) in [5, 5.41) is 8.97. The average molecular weight is 230 g/mol. The number of carboxylic acids is 1. The largest absolute Gasteiger partial charge is 0.475 e. The van der Waals surface area contributed by atoms with Crippen molar-refractivity contribution in [3.8, 4) is 11.3 Å². The quantitative estimate of drug-likeness (QED) is 0.861. The highest BCUT2D eigenvalue weighted by Gasteiger charge is 2.14. The topological polar surface area (TPSA) is 55.1 Å². The molecule has 17 heavy (non-hydrogen) atoms. The fraction of sp³-hybridized carbons (Fsp3) is 0.231. The maximum Gasteiger partial charge on any atom is 0.372 e. The number of carbonyl (C=O) groups is 1. The lowest BCUT2D eigenvalue weighted by Gasteiger charge is -2.03. The van der Waals surface area contributed by atoms with Crippen molar-refractivity contribution in [1.82, 2.24) is 9.55 Å². The minimum atomic E-state index is -1.01. The molecule has 0 aliphatic heterocycles. The van der Waals surface area contributed by atoms with Gasteiger partial charge in [-0.3, -0.25) is 0 Å². The number of carboxylic acid groups (broad SMARTS) is 1. The van der Waals surface area contributed by atoms with Crippen LogP contribution >= 0.6 is 0 Å². The molecule has 1 aromatic heterocycles. The molecule has 4 nitrogen and oxygen atoms in total. The van der Waals surface area contributed by atoms with Crippen LogP contribution in [-0.4, -0.2) is 20.6 Å². The van der Waals surface area contributed by atoms with Crippen LogP contribution in [0.2, 0.25) is 0 Å². The SMILES string of the molecule is Cc1ccc(C)c(-c2cn(C)c(C(=O)O)n2)c1.